The average molecular weight is 297 g/mol. The van der Waals surface area contributed by atoms with Gasteiger partial charge < -0.3 is 15.2 Å². The number of H-pyrrole nitrogens is 1. The van der Waals surface area contributed by atoms with Gasteiger partial charge in [0.1, 0.15) is 12.1 Å². The van der Waals surface area contributed by atoms with Crippen molar-refractivity contribution >= 4 is 11.9 Å². The van der Waals surface area contributed by atoms with Gasteiger partial charge in [-0.3, -0.25) is 14.9 Å². The van der Waals surface area contributed by atoms with E-state index in [-0.39, 0.29) is 6.42 Å². The van der Waals surface area contributed by atoms with Crippen molar-refractivity contribution in [1.29, 1.82) is 0 Å². The van der Waals surface area contributed by atoms with Gasteiger partial charge in [0.05, 0.1) is 6.33 Å². The highest BCUT2D eigenvalue weighted by molar-refractivity contribution is 5.77. The van der Waals surface area contributed by atoms with Crippen LogP contribution in [0.5, 0.6) is 0 Å². The van der Waals surface area contributed by atoms with E-state index in [0.29, 0.717) is 12.1 Å². The molecule has 7 nitrogen and oxygen atoms in total. The lowest BCUT2D eigenvalue weighted by molar-refractivity contribution is -0.142. The smallest absolute Gasteiger partial charge is 0.321 e. The molecule has 0 radical (unpaired) electrons. The van der Waals surface area contributed by atoms with Gasteiger partial charge in [0.15, 0.2) is 0 Å². The molecule has 118 valence electrons. The fourth-order valence-corrected chi connectivity index (χ4v) is 2.13. The van der Waals surface area contributed by atoms with E-state index in [9.17, 15) is 19.8 Å². The molecule has 1 aromatic rings. The third kappa shape index (κ3) is 6.40. The Morgan fingerprint density at radius 3 is 2.48 bits per heavy atom. The molecule has 0 spiro atoms. The van der Waals surface area contributed by atoms with Crippen LogP contribution in [0.4, 0.5) is 0 Å². The lowest BCUT2D eigenvalue weighted by Gasteiger charge is -2.20. The molecule has 0 saturated heterocycles. The van der Waals surface area contributed by atoms with E-state index in [1.165, 1.54) is 12.5 Å². The minimum atomic E-state index is -1.07. The van der Waals surface area contributed by atoms with E-state index in [0.717, 1.165) is 25.7 Å². The zero-order valence-electron chi connectivity index (χ0n) is 12.2. The molecule has 4 N–H and O–H groups in total. The van der Waals surface area contributed by atoms with Gasteiger partial charge in [-0.05, 0) is 6.42 Å². The second-order valence-electron chi connectivity index (χ2n) is 5.08. The third-order valence-corrected chi connectivity index (χ3v) is 3.32. The number of aromatic nitrogens is 2. The minimum absolute atomic E-state index is 0.175. The number of carboxylic acids is 2. The Labute approximate surface area is 123 Å². The van der Waals surface area contributed by atoms with E-state index in [4.69, 9.17) is 0 Å². The molecule has 1 aromatic heterocycles. The van der Waals surface area contributed by atoms with Crippen molar-refractivity contribution in [1.82, 2.24) is 15.3 Å². The zero-order valence-corrected chi connectivity index (χ0v) is 12.2. The van der Waals surface area contributed by atoms with E-state index in [1.807, 2.05) is 0 Å². The maximum atomic E-state index is 11.3. The summed E-state index contributed by atoms with van der Waals surface area (Å²) in [6, 6.07) is -1.79. The quantitative estimate of drug-likeness (QED) is 0.459. The molecule has 0 amide bonds. The van der Waals surface area contributed by atoms with E-state index < -0.39 is 24.0 Å². The number of nitrogens with one attached hydrogen (secondary N) is 2. The number of hydrogen-bond acceptors (Lipinski definition) is 4. The molecular formula is C14H23N3O4. The Bertz CT molecular complexity index is 433. The van der Waals surface area contributed by atoms with Crippen molar-refractivity contribution < 1.29 is 19.8 Å². The summed E-state index contributed by atoms with van der Waals surface area (Å²) in [6.45, 7) is 2.08. The van der Waals surface area contributed by atoms with Crippen molar-refractivity contribution in [3.63, 3.8) is 0 Å². The molecule has 0 aliphatic carbocycles. The van der Waals surface area contributed by atoms with Gasteiger partial charge in [0.2, 0.25) is 0 Å². The van der Waals surface area contributed by atoms with Crippen LogP contribution in [0, 0.1) is 0 Å². The van der Waals surface area contributed by atoms with E-state index in [2.05, 4.69) is 22.2 Å². The normalized spacial score (nSPS) is 13.8. The highest BCUT2D eigenvalue weighted by Crippen LogP contribution is 2.08. The van der Waals surface area contributed by atoms with Gasteiger partial charge >= 0.3 is 11.9 Å². The van der Waals surface area contributed by atoms with Gasteiger partial charge in [-0.1, -0.05) is 32.6 Å². The summed E-state index contributed by atoms with van der Waals surface area (Å²) in [4.78, 5) is 29.2. The summed E-state index contributed by atoms with van der Waals surface area (Å²) >= 11 is 0. The van der Waals surface area contributed by atoms with Crippen LogP contribution in [0.15, 0.2) is 12.5 Å². The van der Waals surface area contributed by atoms with Crippen LogP contribution in [0.2, 0.25) is 0 Å². The number of nitrogens with zero attached hydrogens (tertiary/aromatic N) is 1. The Hall–Kier alpha value is -1.89. The largest absolute Gasteiger partial charge is 0.480 e. The molecule has 2 atom stereocenters. The first-order valence-electron chi connectivity index (χ1n) is 7.23. The molecule has 0 saturated carbocycles. The number of carbonyl (C=O) groups is 2. The number of aliphatic carboxylic acids is 2. The Morgan fingerprint density at radius 1 is 1.24 bits per heavy atom. The second-order valence-corrected chi connectivity index (χ2v) is 5.08. The number of unbranched alkanes of at least 4 members (excludes halogenated alkanes) is 3. The number of aromatic amines is 1. The van der Waals surface area contributed by atoms with E-state index in [1.54, 1.807) is 0 Å². The first-order chi connectivity index (χ1) is 10.0. The first kappa shape index (κ1) is 17.2. The summed E-state index contributed by atoms with van der Waals surface area (Å²) in [5.41, 5.74) is 0.657. The maximum Gasteiger partial charge on any atom is 0.321 e. The standard InChI is InChI=1S/C14H23N3O4/c1-2-3-4-5-6-11(13(18)19)17-12(14(20)21)7-10-8-15-9-16-10/h8-9,11-12,17H,2-7H2,1H3,(H,15,16)(H,18,19)(H,20,21). The first-order valence-corrected chi connectivity index (χ1v) is 7.23. The van der Waals surface area contributed by atoms with Gasteiger partial charge in [0.25, 0.3) is 0 Å². The van der Waals surface area contributed by atoms with Crippen LogP contribution in [-0.4, -0.2) is 44.2 Å². The fraction of sp³-hybridized carbons (Fsp3) is 0.643. The predicted molar refractivity (Wildman–Crippen MR) is 77.0 cm³/mol. The highest BCUT2D eigenvalue weighted by atomic mass is 16.4. The van der Waals surface area contributed by atoms with Crippen LogP contribution in [0.25, 0.3) is 0 Å². The van der Waals surface area contributed by atoms with Crippen molar-refractivity contribution in [3.8, 4) is 0 Å². The second kappa shape index (κ2) is 9.12. The topological polar surface area (TPSA) is 115 Å². The number of hydrogen-bond donors (Lipinski definition) is 4. The number of rotatable bonds is 11. The molecule has 0 aliphatic heterocycles. The lowest BCUT2D eigenvalue weighted by atomic mass is 10.0. The monoisotopic (exact) mass is 297 g/mol. The van der Waals surface area contributed by atoms with Crippen LogP contribution in [0.1, 0.15) is 44.7 Å². The number of imidazole rings is 1. The van der Waals surface area contributed by atoms with Crippen molar-refractivity contribution in [3.05, 3.63) is 18.2 Å². The van der Waals surface area contributed by atoms with Crippen molar-refractivity contribution in [2.45, 2.75) is 57.5 Å². The summed E-state index contributed by atoms with van der Waals surface area (Å²) in [5.74, 6) is -2.08. The zero-order chi connectivity index (χ0) is 15.7. The minimum Gasteiger partial charge on any atom is -0.480 e. The summed E-state index contributed by atoms with van der Waals surface area (Å²) in [7, 11) is 0. The Balaban J connectivity index is 2.55. The molecular weight excluding hydrogens is 274 g/mol. The van der Waals surface area contributed by atoms with Gasteiger partial charge in [-0.2, -0.15) is 0 Å². The molecule has 0 aromatic carbocycles. The van der Waals surface area contributed by atoms with Crippen LogP contribution < -0.4 is 5.32 Å². The molecule has 7 heteroatoms. The highest BCUT2D eigenvalue weighted by Gasteiger charge is 2.26. The molecule has 21 heavy (non-hydrogen) atoms. The summed E-state index contributed by atoms with van der Waals surface area (Å²) in [6.07, 6.45) is 7.47. The molecule has 0 fully saturated rings. The summed E-state index contributed by atoms with van der Waals surface area (Å²) in [5, 5.41) is 21.2. The van der Waals surface area contributed by atoms with Gasteiger partial charge in [-0.15, -0.1) is 0 Å². The van der Waals surface area contributed by atoms with Crippen LogP contribution >= 0.6 is 0 Å². The van der Waals surface area contributed by atoms with E-state index >= 15 is 0 Å². The molecule has 1 heterocycles. The Morgan fingerprint density at radius 2 is 1.95 bits per heavy atom. The van der Waals surface area contributed by atoms with Crippen LogP contribution in [-0.2, 0) is 16.0 Å². The van der Waals surface area contributed by atoms with Crippen molar-refractivity contribution in [2.75, 3.05) is 0 Å². The third-order valence-electron chi connectivity index (χ3n) is 3.32. The number of carboxylic acid groups (broad SMARTS) is 2. The molecule has 1 rings (SSSR count). The lowest BCUT2D eigenvalue weighted by Crippen LogP contribution is -2.48. The van der Waals surface area contributed by atoms with Crippen LogP contribution in [0.3, 0.4) is 0 Å². The van der Waals surface area contributed by atoms with Gasteiger partial charge in [-0.25, -0.2) is 4.98 Å². The maximum absolute atomic E-state index is 11.3. The fourth-order valence-electron chi connectivity index (χ4n) is 2.13. The predicted octanol–water partition coefficient (Wildman–Crippen LogP) is 1.42. The Kier molecular flexibility index (Phi) is 7.45. The average Bonchev–Trinajstić information content (AvgIpc) is 2.93. The molecule has 2 unspecified atom stereocenters. The van der Waals surface area contributed by atoms with Crippen molar-refractivity contribution in [2.24, 2.45) is 0 Å². The molecule has 0 aliphatic rings. The summed E-state index contributed by atoms with van der Waals surface area (Å²) < 4.78 is 0. The van der Waals surface area contributed by atoms with Gasteiger partial charge in [0, 0.05) is 18.3 Å². The SMILES string of the molecule is CCCCCCC(NC(Cc1cnc[nH]1)C(=O)O)C(=O)O. The molecule has 0 bridgehead atoms.